The zero-order valence-electron chi connectivity index (χ0n) is 10.1. The van der Waals surface area contributed by atoms with E-state index in [2.05, 4.69) is 40.1 Å². The monoisotopic (exact) mass is 364 g/mol. The number of nitrogens with one attached hydrogen (secondary N) is 1. The summed E-state index contributed by atoms with van der Waals surface area (Å²) in [5, 5.41) is 1.09. The molecule has 96 valence electrons. The first-order valence-electron chi connectivity index (χ1n) is 5.98. The lowest BCUT2D eigenvalue weighted by atomic mass is 10.1. The van der Waals surface area contributed by atoms with Crippen LogP contribution in [0.5, 0.6) is 0 Å². The van der Waals surface area contributed by atoms with Crippen LogP contribution in [0.1, 0.15) is 17.4 Å². The number of benzene rings is 2. The van der Waals surface area contributed by atoms with E-state index in [4.69, 9.17) is 10.3 Å². The lowest BCUT2D eigenvalue weighted by Gasteiger charge is -2.15. The molecule has 0 fully saturated rings. The average Bonchev–Trinajstić information content (AvgIpc) is 2.85. The van der Waals surface area contributed by atoms with Gasteiger partial charge in [0.15, 0.2) is 0 Å². The summed E-state index contributed by atoms with van der Waals surface area (Å²) in [7, 11) is 0. The fraction of sp³-hybridized carbons (Fsp3) is 0.0667. The Kier molecular flexibility index (Phi) is 3.54. The maximum absolute atomic E-state index is 5.88. The number of halogens is 1. The Labute approximate surface area is 124 Å². The Morgan fingerprint density at radius 2 is 1.79 bits per heavy atom. The maximum Gasteiger partial charge on any atom is 0.134 e. The SMILES string of the molecule is NNC(c1cc2ccccc2o1)c1ccccc1I. The van der Waals surface area contributed by atoms with Gasteiger partial charge in [0, 0.05) is 8.96 Å². The van der Waals surface area contributed by atoms with Crippen LogP contribution in [-0.4, -0.2) is 0 Å². The van der Waals surface area contributed by atoms with Crippen LogP contribution in [0.3, 0.4) is 0 Å². The Hall–Kier alpha value is -1.37. The van der Waals surface area contributed by atoms with Crippen molar-refractivity contribution < 1.29 is 4.42 Å². The van der Waals surface area contributed by atoms with Gasteiger partial charge in [0.05, 0.1) is 0 Å². The largest absolute Gasteiger partial charge is 0.459 e. The van der Waals surface area contributed by atoms with Crippen molar-refractivity contribution in [3.05, 3.63) is 69.5 Å². The summed E-state index contributed by atoms with van der Waals surface area (Å²) in [6.45, 7) is 0. The Balaban J connectivity index is 2.09. The number of furan rings is 1. The van der Waals surface area contributed by atoms with Gasteiger partial charge in [0.25, 0.3) is 0 Å². The van der Waals surface area contributed by atoms with E-state index in [1.807, 2.05) is 42.5 Å². The summed E-state index contributed by atoms with van der Waals surface area (Å²) in [5.41, 5.74) is 4.83. The van der Waals surface area contributed by atoms with E-state index >= 15 is 0 Å². The molecule has 0 saturated heterocycles. The molecule has 1 heterocycles. The van der Waals surface area contributed by atoms with Gasteiger partial charge >= 0.3 is 0 Å². The summed E-state index contributed by atoms with van der Waals surface area (Å²) in [4.78, 5) is 0. The first kappa shape index (κ1) is 12.7. The average molecular weight is 364 g/mol. The van der Waals surface area contributed by atoms with Gasteiger partial charge in [-0.3, -0.25) is 5.84 Å². The number of rotatable bonds is 3. The molecule has 19 heavy (non-hydrogen) atoms. The highest BCUT2D eigenvalue weighted by molar-refractivity contribution is 14.1. The normalized spacial score (nSPS) is 12.7. The number of hydrogen-bond acceptors (Lipinski definition) is 3. The first-order chi connectivity index (χ1) is 9.29. The quantitative estimate of drug-likeness (QED) is 0.424. The number of hydrazine groups is 1. The molecule has 1 unspecified atom stereocenters. The van der Waals surface area contributed by atoms with Gasteiger partial charge in [-0.05, 0) is 46.4 Å². The minimum Gasteiger partial charge on any atom is -0.459 e. The van der Waals surface area contributed by atoms with Gasteiger partial charge in [0.1, 0.15) is 17.4 Å². The minimum absolute atomic E-state index is 0.138. The number of nitrogens with two attached hydrogens (primary N) is 1. The zero-order valence-corrected chi connectivity index (χ0v) is 12.3. The highest BCUT2D eigenvalue weighted by atomic mass is 127. The second-order valence-electron chi connectivity index (χ2n) is 4.31. The first-order valence-corrected chi connectivity index (χ1v) is 7.06. The summed E-state index contributed by atoms with van der Waals surface area (Å²) in [6, 6.07) is 18.0. The van der Waals surface area contributed by atoms with E-state index in [9.17, 15) is 0 Å². The van der Waals surface area contributed by atoms with Crippen LogP contribution in [0.25, 0.3) is 11.0 Å². The summed E-state index contributed by atoms with van der Waals surface area (Å²) in [5.74, 6) is 6.54. The number of para-hydroxylation sites is 1. The predicted molar refractivity (Wildman–Crippen MR) is 84.5 cm³/mol. The molecule has 0 radical (unpaired) electrons. The van der Waals surface area contributed by atoms with E-state index in [0.717, 1.165) is 25.9 Å². The molecule has 0 aliphatic rings. The predicted octanol–water partition coefficient (Wildman–Crippen LogP) is 3.59. The summed E-state index contributed by atoms with van der Waals surface area (Å²) >= 11 is 2.31. The smallest absolute Gasteiger partial charge is 0.134 e. The van der Waals surface area contributed by atoms with E-state index in [0.29, 0.717) is 0 Å². The van der Waals surface area contributed by atoms with Gasteiger partial charge in [-0.25, -0.2) is 5.43 Å². The lowest BCUT2D eigenvalue weighted by molar-refractivity contribution is 0.476. The fourth-order valence-electron chi connectivity index (χ4n) is 2.18. The summed E-state index contributed by atoms with van der Waals surface area (Å²) < 4.78 is 7.04. The van der Waals surface area contributed by atoms with Crippen molar-refractivity contribution in [3.8, 4) is 0 Å². The van der Waals surface area contributed by atoms with Crippen molar-refractivity contribution in [1.82, 2.24) is 5.43 Å². The maximum atomic E-state index is 5.88. The zero-order chi connectivity index (χ0) is 13.2. The van der Waals surface area contributed by atoms with Gasteiger partial charge < -0.3 is 4.42 Å². The van der Waals surface area contributed by atoms with Crippen LogP contribution < -0.4 is 11.3 Å². The van der Waals surface area contributed by atoms with Crippen molar-refractivity contribution in [1.29, 1.82) is 0 Å². The fourth-order valence-corrected chi connectivity index (χ4v) is 2.88. The van der Waals surface area contributed by atoms with Crippen molar-refractivity contribution in [2.24, 2.45) is 5.84 Å². The van der Waals surface area contributed by atoms with Crippen molar-refractivity contribution >= 4 is 33.6 Å². The minimum atomic E-state index is -0.138. The molecule has 3 rings (SSSR count). The van der Waals surface area contributed by atoms with E-state index in [1.165, 1.54) is 0 Å². The van der Waals surface area contributed by atoms with Crippen molar-refractivity contribution in [2.75, 3.05) is 0 Å². The molecule has 3 N–H and O–H groups in total. The van der Waals surface area contributed by atoms with E-state index in [-0.39, 0.29) is 6.04 Å². The van der Waals surface area contributed by atoms with Gasteiger partial charge in [-0.1, -0.05) is 36.4 Å². The molecule has 0 spiro atoms. The van der Waals surface area contributed by atoms with Crippen LogP contribution in [0.2, 0.25) is 0 Å². The molecule has 0 amide bonds. The van der Waals surface area contributed by atoms with Crippen LogP contribution in [0.4, 0.5) is 0 Å². The van der Waals surface area contributed by atoms with Crippen LogP contribution >= 0.6 is 22.6 Å². The molecule has 3 aromatic rings. The number of hydrogen-bond donors (Lipinski definition) is 2. The second kappa shape index (κ2) is 5.32. The molecule has 0 bridgehead atoms. The van der Waals surface area contributed by atoms with Gasteiger partial charge in [-0.15, -0.1) is 0 Å². The molecule has 0 aliphatic heterocycles. The highest BCUT2D eigenvalue weighted by Gasteiger charge is 2.19. The van der Waals surface area contributed by atoms with Gasteiger partial charge in [0.2, 0.25) is 0 Å². The van der Waals surface area contributed by atoms with E-state index < -0.39 is 0 Å². The Morgan fingerprint density at radius 3 is 2.53 bits per heavy atom. The highest BCUT2D eigenvalue weighted by Crippen LogP contribution is 2.29. The van der Waals surface area contributed by atoms with Crippen LogP contribution in [-0.2, 0) is 0 Å². The third-order valence-corrected chi connectivity index (χ3v) is 4.09. The molecular formula is C15H13IN2O. The summed E-state index contributed by atoms with van der Waals surface area (Å²) in [6.07, 6.45) is 0. The molecule has 2 aromatic carbocycles. The topological polar surface area (TPSA) is 51.2 Å². The molecule has 0 saturated carbocycles. The van der Waals surface area contributed by atoms with Crippen LogP contribution in [0.15, 0.2) is 59.0 Å². The molecule has 4 heteroatoms. The van der Waals surface area contributed by atoms with Crippen molar-refractivity contribution in [3.63, 3.8) is 0 Å². The number of fused-ring (bicyclic) bond motifs is 1. The second-order valence-corrected chi connectivity index (χ2v) is 5.47. The molecule has 1 atom stereocenters. The lowest BCUT2D eigenvalue weighted by Crippen LogP contribution is -2.29. The standard InChI is InChI=1S/C15H13IN2O/c16-12-7-3-2-6-11(12)15(18-17)14-9-10-5-1-4-8-13(10)19-14/h1-9,15,18H,17H2. The van der Waals surface area contributed by atoms with Crippen molar-refractivity contribution in [2.45, 2.75) is 6.04 Å². The van der Waals surface area contributed by atoms with Gasteiger partial charge in [-0.2, -0.15) is 0 Å². The van der Waals surface area contributed by atoms with E-state index in [1.54, 1.807) is 0 Å². The third kappa shape index (κ3) is 2.39. The third-order valence-electron chi connectivity index (χ3n) is 3.11. The Morgan fingerprint density at radius 1 is 1.05 bits per heavy atom. The molecule has 1 aromatic heterocycles. The van der Waals surface area contributed by atoms with Crippen LogP contribution in [0, 0.1) is 3.57 Å². The Bertz CT molecular complexity index is 675. The molecule has 0 aliphatic carbocycles. The molecule has 3 nitrogen and oxygen atoms in total. The molecular weight excluding hydrogens is 351 g/mol.